The molecule has 43 heavy (non-hydrogen) atoms. The van der Waals surface area contributed by atoms with Crippen molar-refractivity contribution < 1.29 is 29.1 Å². The maximum atomic E-state index is 15.3. The van der Waals surface area contributed by atoms with Gasteiger partial charge in [-0.3, -0.25) is 9.59 Å². The fourth-order valence-electron chi connectivity index (χ4n) is 7.15. The lowest BCUT2D eigenvalue weighted by atomic mass is 9.48. The molecule has 0 amide bonds. The third-order valence-electron chi connectivity index (χ3n) is 8.81. The monoisotopic (exact) mass is 594 g/mol. The summed E-state index contributed by atoms with van der Waals surface area (Å²) in [6, 6.07) is 14.8. The summed E-state index contributed by atoms with van der Waals surface area (Å²) < 4.78 is 0. The number of hydrogen-bond donors (Lipinski definition) is 0. The summed E-state index contributed by atoms with van der Waals surface area (Å²) in [6.45, 7) is 21.8. The van der Waals surface area contributed by atoms with E-state index in [1.807, 2.05) is 91.8 Å². The molecule has 1 aliphatic rings. The molecule has 0 spiro atoms. The van der Waals surface area contributed by atoms with Crippen LogP contribution >= 0.6 is 0 Å². The van der Waals surface area contributed by atoms with E-state index in [4.69, 9.17) is 19.6 Å². The lowest BCUT2D eigenvalue weighted by Crippen LogP contribution is -2.70. The summed E-state index contributed by atoms with van der Waals surface area (Å²) in [6.07, 6.45) is 3.94. The Morgan fingerprint density at radius 3 is 1.56 bits per heavy atom. The van der Waals surface area contributed by atoms with Crippen molar-refractivity contribution in [3.63, 3.8) is 0 Å². The summed E-state index contributed by atoms with van der Waals surface area (Å²) in [7, 11) is 0. The van der Waals surface area contributed by atoms with Crippen LogP contribution in [0.15, 0.2) is 48.5 Å². The van der Waals surface area contributed by atoms with Crippen molar-refractivity contribution in [2.45, 2.75) is 132 Å². The quantitative estimate of drug-likeness (QED) is 0.0713. The second-order valence-corrected chi connectivity index (χ2v) is 14.7. The van der Waals surface area contributed by atoms with Crippen LogP contribution in [0.4, 0.5) is 0 Å². The minimum Gasteiger partial charge on any atom is -0.293 e. The predicted octanol–water partition coefficient (Wildman–Crippen LogP) is 9.56. The zero-order valence-electron chi connectivity index (χ0n) is 28.4. The molecule has 1 saturated carbocycles. The van der Waals surface area contributed by atoms with Gasteiger partial charge in [-0.15, -0.1) is 0 Å². The largest absolute Gasteiger partial charge is 0.293 e. The summed E-state index contributed by atoms with van der Waals surface area (Å²) in [5.74, 6) is -2.61. The van der Waals surface area contributed by atoms with Gasteiger partial charge < -0.3 is 0 Å². The predicted molar refractivity (Wildman–Crippen MR) is 171 cm³/mol. The molecule has 0 aromatic heterocycles. The Morgan fingerprint density at radius 2 is 1.19 bits per heavy atom. The lowest BCUT2D eigenvalue weighted by Gasteiger charge is -2.58. The van der Waals surface area contributed by atoms with Crippen molar-refractivity contribution in [2.24, 2.45) is 16.7 Å². The zero-order chi connectivity index (χ0) is 32.3. The van der Waals surface area contributed by atoms with Crippen LogP contribution in [0.2, 0.25) is 0 Å². The Kier molecular flexibility index (Phi) is 10.9. The molecule has 238 valence electrons. The van der Waals surface area contributed by atoms with Gasteiger partial charge in [-0.25, -0.2) is 9.78 Å². The van der Waals surface area contributed by atoms with Crippen molar-refractivity contribution in [1.82, 2.24) is 0 Å². The normalized spacial score (nSPS) is 19.7. The van der Waals surface area contributed by atoms with E-state index in [2.05, 4.69) is 20.8 Å². The molecule has 0 aliphatic heterocycles. The lowest BCUT2D eigenvalue weighted by molar-refractivity contribution is -0.567. The molecule has 6 nitrogen and oxygen atoms in total. The van der Waals surface area contributed by atoms with Gasteiger partial charge in [0.15, 0.2) is 17.0 Å². The Labute approximate surface area is 259 Å². The molecule has 1 atom stereocenters. The number of hydrogen-bond acceptors (Lipinski definition) is 6. The standard InChI is InChI=1S/C37H54O6/c1-12-20-34(8,9)40-42-36(43-41-35(10,11)21-13-2)25-28(5)24-33(6,7)37(36,31(38)29-18-14-16-26(3)22-29)32(39)30-19-15-17-27(4)23-30/h14-19,22-23,28H,12-13,20-21,24-25H2,1-11H3. The van der Waals surface area contributed by atoms with Crippen molar-refractivity contribution in [3.8, 4) is 0 Å². The van der Waals surface area contributed by atoms with Gasteiger partial charge in [-0.05, 0) is 84.3 Å². The Hall–Kier alpha value is -2.38. The van der Waals surface area contributed by atoms with E-state index in [1.165, 1.54) is 0 Å². The van der Waals surface area contributed by atoms with E-state index >= 15 is 9.59 Å². The highest BCUT2D eigenvalue weighted by Crippen LogP contribution is 2.62. The van der Waals surface area contributed by atoms with Crippen molar-refractivity contribution >= 4 is 11.6 Å². The zero-order valence-corrected chi connectivity index (χ0v) is 28.4. The molecule has 3 rings (SSSR count). The van der Waals surface area contributed by atoms with E-state index in [1.54, 1.807) is 12.1 Å². The Morgan fingerprint density at radius 1 is 0.767 bits per heavy atom. The summed E-state index contributed by atoms with van der Waals surface area (Å²) in [5.41, 5.74) is -1.54. The van der Waals surface area contributed by atoms with Gasteiger partial charge in [0.1, 0.15) is 0 Å². The van der Waals surface area contributed by atoms with E-state index < -0.39 is 27.8 Å². The van der Waals surface area contributed by atoms with Gasteiger partial charge in [0.05, 0.1) is 11.2 Å². The van der Waals surface area contributed by atoms with E-state index in [0.29, 0.717) is 30.4 Å². The summed E-state index contributed by atoms with van der Waals surface area (Å²) in [5, 5.41) is 0. The number of carbonyl (C=O) groups is 2. The van der Waals surface area contributed by atoms with Crippen molar-refractivity contribution in [2.75, 3.05) is 0 Å². The molecular formula is C37H54O6. The number of benzene rings is 2. The molecule has 1 fully saturated rings. The van der Waals surface area contributed by atoms with Crippen molar-refractivity contribution in [3.05, 3.63) is 70.8 Å². The van der Waals surface area contributed by atoms with Gasteiger partial charge in [0, 0.05) is 17.5 Å². The fraction of sp³-hybridized carbons (Fsp3) is 0.622. The molecule has 6 heteroatoms. The summed E-state index contributed by atoms with van der Waals surface area (Å²) in [4.78, 5) is 56.2. The van der Waals surface area contributed by atoms with Crippen LogP contribution in [0.25, 0.3) is 0 Å². The van der Waals surface area contributed by atoms with Gasteiger partial charge >= 0.3 is 0 Å². The first-order chi connectivity index (χ1) is 20.0. The molecule has 0 radical (unpaired) electrons. The highest BCUT2D eigenvalue weighted by Gasteiger charge is 2.75. The van der Waals surface area contributed by atoms with Crippen molar-refractivity contribution in [1.29, 1.82) is 0 Å². The van der Waals surface area contributed by atoms with Gasteiger partial charge in [-0.1, -0.05) is 95.0 Å². The smallest absolute Gasteiger partial charge is 0.254 e. The second kappa shape index (κ2) is 13.3. The Balaban J connectivity index is 2.43. The van der Waals surface area contributed by atoms with Crippen LogP contribution in [0, 0.1) is 30.6 Å². The average Bonchev–Trinajstić information content (AvgIpc) is 2.90. The van der Waals surface area contributed by atoms with E-state index in [9.17, 15) is 0 Å². The first kappa shape index (κ1) is 35.1. The van der Waals surface area contributed by atoms with Crippen LogP contribution in [0.5, 0.6) is 0 Å². The fourth-order valence-corrected chi connectivity index (χ4v) is 7.15. The number of Topliss-reactive ketones (excluding diaryl/α,β-unsaturated/α-hetero) is 2. The molecule has 0 saturated heterocycles. The second-order valence-electron chi connectivity index (χ2n) is 14.7. The molecule has 0 bridgehead atoms. The maximum Gasteiger partial charge on any atom is 0.254 e. The highest BCUT2D eigenvalue weighted by molar-refractivity contribution is 6.21. The number of ketones is 2. The molecule has 0 N–H and O–H groups in total. The topological polar surface area (TPSA) is 71.1 Å². The van der Waals surface area contributed by atoms with Gasteiger partial charge in [0.25, 0.3) is 5.79 Å². The minimum absolute atomic E-state index is 0.0227. The minimum atomic E-state index is -1.90. The molecule has 0 heterocycles. The Bertz CT molecular complexity index is 1190. The highest BCUT2D eigenvalue weighted by atomic mass is 17.3. The van der Waals surface area contributed by atoms with E-state index in [0.717, 1.165) is 24.0 Å². The van der Waals surface area contributed by atoms with Crippen LogP contribution in [0.1, 0.15) is 133 Å². The first-order valence-corrected chi connectivity index (χ1v) is 15.9. The van der Waals surface area contributed by atoms with Crippen LogP contribution in [-0.4, -0.2) is 28.6 Å². The SMILES string of the molecule is CCCC(C)(C)OOC1(OOC(C)(C)CCC)CC(C)CC(C)(C)C1(C(=O)c1cccc(C)c1)C(=O)c1cccc(C)c1. The third-order valence-corrected chi connectivity index (χ3v) is 8.81. The molecular weight excluding hydrogens is 540 g/mol. The third kappa shape index (κ3) is 7.30. The molecule has 1 unspecified atom stereocenters. The molecule has 2 aromatic rings. The first-order valence-electron chi connectivity index (χ1n) is 15.9. The molecule has 1 aliphatic carbocycles. The maximum absolute atomic E-state index is 15.3. The summed E-state index contributed by atoms with van der Waals surface area (Å²) >= 11 is 0. The molecule has 2 aromatic carbocycles. The average molecular weight is 595 g/mol. The number of carbonyl (C=O) groups excluding carboxylic acids is 2. The van der Waals surface area contributed by atoms with Crippen LogP contribution in [0.3, 0.4) is 0 Å². The van der Waals surface area contributed by atoms with E-state index in [-0.39, 0.29) is 23.9 Å². The number of rotatable bonds is 14. The van der Waals surface area contributed by atoms with Crippen LogP contribution < -0.4 is 0 Å². The van der Waals surface area contributed by atoms with Gasteiger partial charge in [-0.2, -0.15) is 9.78 Å². The van der Waals surface area contributed by atoms with Gasteiger partial charge in [0.2, 0.25) is 0 Å². The number of aryl methyl sites for hydroxylation is 2. The van der Waals surface area contributed by atoms with Crippen LogP contribution in [-0.2, 0) is 19.6 Å².